The standard InChI is InChI=1S/C10H15N3O2/c1-10(2)14-6-8(15-10)5-12-9-3-4-11-7-13-9/h3-4,7-8H,5-6H2,1-2H3,(H,11,12,13). The van der Waals surface area contributed by atoms with Crippen molar-refractivity contribution in [1.29, 1.82) is 0 Å². The molecular formula is C10H15N3O2. The number of hydrogen-bond donors (Lipinski definition) is 1. The van der Waals surface area contributed by atoms with Crippen LogP contribution in [0.2, 0.25) is 0 Å². The molecule has 0 aromatic carbocycles. The van der Waals surface area contributed by atoms with Crippen LogP contribution in [-0.2, 0) is 9.47 Å². The first-order valence-corrected chi connectivity index (χ1v) is 4.97. The van der Waals surface area contributed by atoms with E-state index in [1.54, 1.807) is 6.20 Å². The zero-order chi connectivity index (χ0) is 10.7. The van der Waals surface area contributed by atoms with E-state index >= 15 is 0 Å². The van der Waals surface area contributed by atoms with Crippen molar-refractivity contribution in [2.45, 2.75) is 25.7 Å². The smallest absolute Gasteiger partial charge is 0.163 e. The summed E-state index contributed by atoms with van der Waals surface area (Å²) >= 11 is 0. The molecule has 1 saturated heterocycles. The normalized spacial score (nSPS) is 24.0. The Bertz CT molecular complexity index is 316. The van der Waals surface area contributed by atoms with Gasteiger partial charge in [0.25, 0.3) is 0 Å². The lowest BCUT2D eigenvalue weighted by Gasteiger charge is -2.17. The molecule has 2 heterocycles. The highest BCUT2D eigenvalue weighted by atomic mass is 16.7. The van der Waals surface area contributed by atoms with Crippen molar-refractivity contribution in [2.75, 3.05) is 18.5 Å². The second kappa shape index (κ2) is 4.12. The molecule has 1 unspecified atom stereocenters. The highest BCUT2D eigenvalue weighted by Crippen LogP contribution is 2.22. The van der Waals surface area contributed by atoms with Crippen LogP contribution >= 0.6 is 0 Å². The van der Waals surface area contributed by atoms with E-state index in [-0.39, 0.29) is 6.10 Å². The monoisotopic (exact) mass is 209 g/mol. The molecule has 0 amide bonds. The van der Waals surface area contributed by atoms with E-state index in [0.29, 0.717) is 13.2 Å². The fourth-order valence-corrected chi connectivity index (χ4v) is 1.48. The number of hydrogen-bond acceptors (Lipinski definition) is 5. The molecule has 82 valence electrons. The van der Waals surface area contributed by atoms with Crippen molar-refractivity contribution < 1.29 is 9.47 Å². The maximum Gasteiger partial charge on any atom is 0.163 e. The van der Waals surface area contributed by atoms with Crippen molar-refractivity contribution in [3.8, 4) is 0 Å². The minimum atomic E-state index is -0.460. The van der Waals surface area contributed by atoms with Crippen molar-refractivity contribution in [2.24, 2.45) is 0 Å². The Hall–Kier alpha value is -1.20. The molecule has 1 atom stereocenters. The van der Waals surface area contributed by atoms with Gasteiger partial charge in [-0.1, -0.05) is 0 Å². The number of rotatable bonds is 3. The summed E-state index contributed by atoms with van der Waals surface area (Å²) in [6.07, 6.45) is 3.29. The van der Waals surface area contributed by atoms with Crippen molar-refractivity contribution >= 4 is 5.82 Å². The van der Waals surface area contributed by atoms with Gasteiger partial charge in [0.05, 0.1) is 6.61 Å². The van der Waals surface area contributed by atoms with Crippen LogP contribution in [0.5, 0.6) is 0 Å². The van der Waals surface area contributed by atoms with E-state index in [2.05, 4.69) is 15.3 Å². The van der Waals surface area contributed by atoms with Crippen LogP contribution < -0.4 is 5.32 Å². The van der Waals surface area contributed by atoms with E-state index in [1.165, 1.54) is 6.33 Å². The van der Waals surface area contributed by atoms with Gasteiger partial charge in [0.15, 0.2) is 5.79 Å². The van der Waals surface area contributed by atoms with Crippen LogP contribution in [0.3, 0.4) is 0 Å². The molecule has 1 aromatic rings. The highest BCUT2D eigenvalue weighted by molar-refractivity contribution is 5.31. The van der Waals surface area contributed by atoms with Crippen molar-refractivity contribution in [1.82, 2.24) is 9.97 Å². The van der Waals surface area contributed by atoms with Gasteiger partial charge in [-0.05, 0) is 19.9 Å². The summed E-state index contributed by atoms with van der Waals surface area (Å²) in [5.74, 6) is 0.344. The zero-order valence-electron chi connectivity index (χ0n) is 8.93. The van der Waals surface area contributed by atoms with Crippen molar-refractivity contribution in [3.05, 3.63) is 18.6 Å². The SMILES string of the molecule is CC1(C)OCC(CNc2ccncn2)O1. The fourth-order valence-electron chi connectivity index (χ4n) is 1.48. The summed E-state index contributed by atoms with van der Waals surface area (Å²) in [4.78, 5) is 7.90. The second-order valence-corrected chi connectivity index (χ2v) is 3.93. The largest absolute Gasteiger partial charge is 0.367 e. The summed E-state index contributed by atoms with van der Waals surface area (Å²) in [5, 5.41) is 3.17. The van der Waals surface area contributed by atoms with Gasteiger partial charge in [0, 0.05) is 12.7 Å². The first-order chi connectivity index (χ1) is 7.16. The van der Waals surface area contributed by atoms with E-state index < -0.39 is 5.79 Å². The second-order valence-electron chi connectivity index (χ2n) is 3.93. The Morgan fingerprint density at radius 3 is 3.07 bits per heavy atom. The lowest BCUT2D eigenvalue weighted by atomic mass is 10.3. The first kappa shape index (κ1) is 10.3. The first-order valence-electron chi connectivity index (χ1n) is 4.97. The van der Waals surface area contributed by atoms with Crippen LogP contribution in [-0.4, -0.2) is 35.0 Å². The summed E-state index contributed by atoms with van der Waals surface area (Å²) in [7, 11) is 0. The van der Waals surface area contributed by atoms with Gasteiger partial charge < -0.3 is 14.8 Å². The molecule has 0 spiro atoms. The summed E-state index contributed by atoms with van der Waals surface area (Å²) < 4.78 is 11.1. The average molecular weight is 209 g/mol. The minimum Gasteiger partial charge on any atom is -0.367 e. The number of nitrogens with one attached hydrogen (secondary N) is 1. The predicted octanol–water partition coefficient (Wildman–Crippen LogP) is 1.04. The molecule has 1 aliphatic heterocycles. The number of anilines is 1. The summed E-state index contributed by atoms with van der Waals surface area (Å²) in [6.45, 7) is 5.14. The van der Waals surface area contributed by atoms with Gasteiger partial charge in [-0.15, -0.1) is 0 Å². The van der Waals surface area contributed by atoms with Gasteiger partial charge >= 0.3 is 0 Å². The average Bonchev–Trinajstić information content (AvgIpc) is 2.57. The lowest BCUT2D eigenvalue weighted by molar-refractivity contribution is -0.136. The Morgan fingerprint density at radius 1 is 1.60 bits per heavy atom. The van der Waals surface area contributed by atoms with Gasteiger partial charge in [0.1, 0.15) is 18.2 Å². The Labute approximate surface area is 88.8 Å². The third-order valence-corrected chi connectivity index (χ3v) is 2.16. The van der Waals surface area contributed by atoms with Gasteiger partial charge in [0.2, 0.25) is 0 Å². The maximum atomic E-state index is 5.64. The molecule has 5 nitrogen and oxygen atoms in total. The molecule has 5 heteroatoms. The van der Waals surface area contributed by atoms with Crippen LogP contribution in [0.25, 0.3) is 0 Å². The summed E-state index contributed by atoms with van der Waals surface area (Å²) in [6, 6.07) is 1.82. The van der Waals surface area contributed by atoms with E-state index in [1.807, 2.05) is 19.9 Å². The Balaban J connectivity index is 1.80. The van der Waals surface area contributed by atoms with E-state index in [4.69, 9.17) is 9.47 Å². The fraction of sp³-hybridized carbons (Fsp3) is 0.600. The Morgan fingerprint density at radius 2 is 2.47 bits per heavy atom. The molecule has 0 saturated carbocycles. The molecule has 1 aliphatic rings. The van der Waals surface area contributed by atoms with Gasteiger partial charge in [-0.25, -0.2) is 9.97 Å². The molecule has 2 rings (SSSR count). The topological polar surface area (TPSA) is 56.3 Å². The Kier molecular flexibility index (Phi) is 2.83. The van der Waals surface area contributed by atoms with E-state index in [0.717, 1.165) is 5.82 Å². The minimum absolute atomic E-state index is 0.0787. The van der Waals surface area contributed by atoms with Crippen LogP contribution in [0, 0.1) is 0 Å². The molecule has 0 aliphatic carbocycles. The quantitative estimate of drug-likeness (QED) is 0.806. The van der Waals surface area contributed by atoms with Crippen molar-refractivity contribution in [3.63, 3.8) is 0 Å². The molecule has 1 N–H and O–H groups in total. The van der Waals surface area contributed by atoms with Crippen LogP contribution in [0.1, 0.15) is 13.8 Å². The molecule has 0 bridgehead atoms. The zero-order valence-corrected chi connectivity index (χ0v) is 8.93. The number of aromatic nitrogens is 2. The lowest BCUT2D eigenvalue weighted by Crippen LogP contribution is -2.26. The third kappa shape index (κ3) is 2.87. The molecular weight excluding hydrogens is 194 g/mol. The van der Waals surface area contributed by atoms with Crippen LogP contribution in [0.15, 0.2) is 18.6 Å². The third-order valence-electron chi connectivity index (χ3n) is 2.16. The predicted molar refractivity (Wildman–Crippen MR) is 55.4 cm³/mol. The van der Waals surface area contributed by atoms with Crippen LogP contribution in [0.4, 0.5) is 5.82 Å². The number of ether oxygens (including phenoxy) is 2. The van der Waals surface area contributed by atoms with Gasteiger partial charge in [-0.2, -0.15) is 0 Å². The highest BCUT2D eigenvalue weighted by Gasteiger charge is 2.32. The maximum absolute atomic E-state index is 5.64. The molecule has 1 aromatic heterocycles. The summed E-state index contributed by atoms with van der Waals surface area (Å²) in [5.41, 5.74) is 0. The number of nitrogens with zero attached hydrogens (tertiary/aromatic N) is 2. The molecule has 0 radical (unpaired) electrons. The van der Waals surface area contributed by atoms with Gasteiger partial charge in [-0.3, -0.25) is 0 Å². The molecule has 1 fully saturated rings. The molecule has 15 heavy (non-hydrogen) atoms. The van der Waals surface area contributed by atoms with E-state index in [9.17, 15) is 0 Å².